The number of aromatic nitrogens is 5. The van der Waals surface area contributed by atoms with Crippen molar-refractivity contribution in [3.63, 3.8) is 0 Å². The van der Waals surface area contributed by atoms with E-state index in [-0.39, 0.29) is 0 Å². The Morgan fingerprint density at radius 3 is 2.90 bits per heavy atom. The monoisotopic (exact) mass is 281 g/mol. The summed E-state index contributed by atoms with van der Waals surface area (Å²) in [7, 11) is 0. The molecule has 4 heterocycles. The van der Waals surface area contributed by atoms with Gasteiger partial charge in [-0.05, 0) is 12.1 Å². The van der Waals surface area contributed by atoms with Crippen molar-refractivity contribution in [3.05, 3.63) is 49.3 Å². The maximum atomic E-state index is 14.1. The summed E-state index contributed by atoms with van der Waals surface area (Å²) >= 11 is 0. The Balaban J connectivity index is 2.06. The van der Waals surface area contributed by atoms with Gasteiger partial charge in [-0.2, -0.15) is 0 Å². The van der Waals surface area contributed by atoms with Crippen molar-refractivity contribution < 1.29 is 8.81 Å². The molecule has 0 unspecified atom stereocenters. The van der Waals surface area contributed by atoms with Crippen LogP contribution in [0.5, 0.6) is 0 Å². The third-order valence-electron chi connectivity index (χ3n) is 3.14. The fourth-order valence-electron chi connectivity index (χ4n) is 2.19. The molecule has 0 aliphatic carbocycles. The van der Waals surface area contributed by atoms with E-state index in [1.807, 2.05) is 0 Å². The van der Waals surface area contributed by atoms with Gasteiger partial charge < -0.3 is 9.40 Å². The van der Waals surface area contributed by atoms with Crippen LogP contribution < -0.4 is 0 Å². The number of fused-ring (bicyclic) bond motifs is 1. The largest absolute Gasteiger partial charge is 0.442 e. The molecular formula is C14H8FN5O. The van der Waals surface area contributed by atoms with E-state index in [1.54, 1.807) is 12.1 Å². The van der Waals surface area contributed by atoms with Gasteiger partial charge in [0.15, 0.2) is 17.8 Å². The summed E-state index contributed by atoms with van der Waals surface area (Å²) in [5.74, 6) is 0.0186. The second-order valence-corrected chi connectivity index (χ2v) is 4.38. The lowest BCUT2D eigenvalue weighted by molar-refractivity contribution is 0.570. The molecule has 0 aliphatic heterocycles. The summed E-state index contributed by atoms with van der Waals surface area (Å²) in [4.78, 5) is 19.2. The molecule has 0 spiro atoms. The Hall–Kier alpha value is -3.09. The molecule has 4 aromatic rings. The lowest BCUT2D eigenvalue weighted by atomic mass is 10.0. The van der Waals surface area contributed by atoms with E-state index in [2.05, 4.69) is 24.9 Å². The van der Waals surface area contributed by atoms with Crippen LogP contribution in [0, 0.1) is 5.82 Å². The molecule has 7 heteroatoms. The summed E-state index contributed by atoms with van der Waals surface area (Å²) < 4.78 is 19.4. The van der Waals surface area contributed by atoms with Gasteiger partial charge in [0, 0.05) is 17.3 Å². The van der Waals surface area contributed by atoms with Gasteiger partial charge in [0.25, 0.3) is 0 Å². The van der Waals surface area contributed by atoms with Crippen LogP contribution in [0.1, 0.15) is 0 Å². The lowest BCUT2D eigenvalue weighted by Crippen LogP contribution is -1.93. The third-order valence-corrected chi connectivity index (χ3v) is 3.14. The molecule has 0 radical (unpaired) electrons. The average Bonchev–Trinajstić information content (AvgIpc) is 3.17. The number of oxazole rings is 1. The zero-order chi connectivity index (χ0) is 14.2. The molecule has 0 aliphatic rings. The summed E-state index contributed by atoms with van der Waals surface area (Å²) in [5, 5.41) is 0. The summed E-state index contributed by atoms with van der Waals surface area (Å²) in [6.07, 6.45) is 7.06. The first-order valence-corrected chi connectivity index (χ1v) is 6.16. The van der Waals surface area contributed by atoms with Crippen molar-refractivity contribution in [1.29, 1.82) is 0 Å². The number of aromatic amines is 1. The van der Waals surface area contributed by atoms with Gasteiger partial charge in [0.05, 0.1) is 24.2 Å². The van der Waals surface area contributed by atoms with Crippen LogP contribution in [0.3, 0.4) is 0 Å². The quantitative estimate of drug-likeness (QED) is 0.611. The Morgan fingerprint density at radius 2 is 2.10 bits per heavy atom. The van der Waals surface area contributed by atoms with Crippen molar-refractivity contribution in [2.24, 2.45) is 0 Å². The maximum Gasteiger partial charge on any atom is 0.181 e. The van der Waals surface area contributed by atoms with Crippen molar-refractivity contribution in [1.82, 2.24) is 24.9 Å². The van der Waals surface area contributed by atoms with Gasteiger partial charge in [-0.15, -0.1) is 0 Å². The smallest absolute Gasteiger partial charge is 0.181 e. The lowest BCUT2D eigenvalue weighted by Gasteiger charge is -2.07. The average molecular weight is 281 g/mol. The van der Waals surface area contributed by atoms with Crippen molar-refractivity contribution in [2.45, 2.75) is 0 Å². The van der Waals surface area contributed by atoms with E-state index in [1.165, 1.54) is 25.1 Å². The maximum absolute atomic E-state index is 14.1. The van der Waals surface area contributed by atoms with Gasteiger partial charge in [0.1, 0.15) is 11.5 Å². The van der Waals surface area contributed by atoms with Gasteiger partial charge in [-0.25, -0.2) is 19.3 Å². The van der Waals surface area contributed by atoms with E-state index in [4.69, 9.17) is 4.42 Å². The molecule has 0 saturated carbocycles. The molecule has 1 N–H and O–H groups in total. The topological polar surface area (TPSA) is 80.5 Å². The van der Waals surface area contributed by atoms with Gasteiger partial charge >= 0.3 is 0 Å². The Labute approximate surface area is 117 Å². The first-order chi connectivity index (χ1) is 10.3. The molecule has 0 fully saturated rings. The second kappa shape index (κ2) is 4.48. The van der Waals surface area contributed by atoms with Crippen LogP contribution in [-0.2, 0) is 0 Å². The van der Waals surface area contributed by atoms with Crippen molar-refractivity contribution >= 4 is 11.2 Å². The van der Waals surface area contributed by atoms with Crippen LogP contribution in [0.2, 0.25) is 0 Å². The summed E-state index contributed by atoms with van der Waals surface area (Å²) in [5.41, 5.74) is 2.70. The molecule has 0 aromatic carbocycles. The molecule has 4 aromatic heterocycles. The van der Waals surface area contributed by atoms with Crippen LogP contribution in [-0.4, -0.2) is 24.9 Å². The number of nitrogens with zero attached hydrogens (tertiary/aromatic N) is 4. The third kappa shape index (κ3) is 1.86. The first kappa shape index (κ1) is 11.7. The molecule has 0 bridgehead atoms. The number of nitrogens with one attached hydrogen (secondary N) is 1. The highest BCUT2D eigenvalue weighted by Gasteiger charge is 2.17. The second-order valence-electron chi connectivity index (χ2n) is 4.38. The van der Waals surface area contributed by atoms with Crippen LogP contribution in [0.4, 0.5) is 4.39 Å². The number of pyridine rings is 2. The number of halogens is 1. The highest BCUT2D eigenvalue weighted by atomic mass is 19.1. The van der Waals surface area contributed by atoms with Gasteiger partial charge in [0.2, 0.25) is 0 Å². The number of hydrogen-bond donors (Lipinski definition) is 1. The zero-order valence-electron chi connectivity index (χ0n) is 10.6. The molecule has 0 saturated heterocycles. The number of hydrogen-bond acceptors (Lipinski definition) is 5. The Bertz CT molecular complexity index is 916. The zero-order valence-corrected chi connectivity index (χ0v) is 10.6. The predicted molar refractivity (Wildman–Crippen MR) is 72.6 cm³/mol. The highest BCUT2D eigenvalue weighted by molar-refractivity contribution is 5.87. The van der Waals surface area contributed by atoms with Crippen molar-refractivity contribution in [3.8, 4) is 22.6 Å². The van der Waals surface area contributed by atoms with Crippen LogP contribution in [0.25, 0.3) is 33.7 Å². The fraction of sp³-hybridized carbons (Fsp3) is 0. The minimum absolute atomic E-state index is 0.389. The molecule has 102 valence electrons. The minimum atomic E-state index is -0.432. The fourth-order valence-corrected chi connectivity index (χ4v) is 2.19. The van der Waals surface area contributed by atoms with Gasteiger partial charge in [-0.3, -0.25) is 4.98 Å². The SMILES string of the molecule is Fc1cnccc1-c1cc2[nH]cnc2nc1-c1cnco1. The molecule has 0 atom stereocenters. The Morgan fingerprint density at radius 1 is 1.14 bits per heavy atom. The van der Waals surface area contributed by atoms with E-state index < -0.39 is 5.82 Å². The molecular weight excluding hydrogens is 273 g/mol. The van der Waals surface area contributed by atoms with E-state index in [0.29, 0.717) is 33.7 Å². The molecule has 4 rings (SSSR count). The number of rotatable bonds is 2. The van der Waals surface area contributed by atoms with Gasteiger partial charge in [-0.1, -0.05) is 0 Å². The molecule has 21 heavy (non-hydrogen) atoms. The summed E-state index contributed by atoms with van der Waals surface area (Å²) in [6.45, 7) is 0. The Kier molecular flexibility index (Phi) is 2.50. The molecule has 6 nitrogen and oxygen atoms in total. The normalized spacial score (nSPS) is 11.1. The molecule has 0 amide bonds. The van der Waals surface area contributed by atoms with Crippen LogP contribution in [0.15, 0.2) is 47.9 Å². The highest BCUT2D eigenvalue weighted by Crippen LogP contribution is 2.33. The minimum Gasteiger partial charge on any atom is -0.442 e. The van der Waals surface area contributed by atoms with E-state index >= 15 is 0 Å². The number of imidazole rings is 1. The predicted octanol–water partition coefficient (Wildman–Crippen LogP) is 2.81. The number of H-pyrrole nitrogens is 1. The summed E-state index contributed by atoms with van der Waals surface area (Å²) in [6, 6.07) is 3.38. The van der Waals surface area contributed by atoms with E-state index in [9.17, 15) is 4.39 Å². The van der Waals surface area contributed by atoms with Crippen LogP contribution >= 0.6 is 0 Å². The van der Waals surface area contributed by atoms with Crippen molar-refractivity contribution in [2.75, 3.05) is 0 Å². The first-order valence-electron chi connectivity index (χ1n) is 6.16. The standard InChI is InChI=1S/C14H8FN5O/c15-10-4-16-2-1-8(10)9-3-11-14(19-6-18-11)20-13(9)12-5-17-7-21-12/h1-7H,(H,18,19,20). The van der Waals surface area contributed by atoms with E-state index in [0.717, 1.165) is 6.20 Å².